The Balaban J connectivity index is 2.57. The number of rotatable bonds is 1. The van der Waals surface area contributed by atoms with E-state index in [-0.39, 0.29) is 0 Å². The summed E-state index contributed by atoms with van der Waals surface area (Å²) in [6.07, 6.45) is 0. The number of thiazole rings is 1. The van der Waals surface area contributed by atoms with Crippen LogP contribution in [0.25, 0.3) is 11.3 Å². The molecule has 0 aliphatic carbocycles. The van der Waals surface area contributed by atoms with Gasteiger partial charge in [-0.25, -0.2) is 4.98 Å². The lowest BCUT2D eigenvalue weighted by atomic mass is 10.2. The summed E-state index contributed by atoms with van der Waals surface area (Å²) in [4.78, 5) is 4.50. The minimum atomic E-state index is 1.11. The fraction of sp³-hybridized carbons (Fsp3) is 0.364. The second-order valence-corrected chi connectivity index (χ2v) is 4.66. The molecule has 2 nitrogen and oxygen atoms in total. The van der Waals surface area contributed by atoms with E-state index in [2.05, 4.69) is 41.9 Å². The van der Waals surface area contributed by atoms with Crippen molar-refractivity contribution in [3.63, 3.8) is 0 Å². The van der Waals surface area contributed by atoms with Gasteiger partial charge < -0.3 is 4.57 Å². The summed E-state index contributed by atoms with van der Waals surface area (Å²) in [5.74, 6) is 0. The summed E-state index contributed by atoms with van der Waals surface area (Å²) in [5, 5.41) is 3.25. The third-order valence-corrected chi connectivity index (χ3v) is 3.44. The van der Waals surface area contributed by atoms with Gasteiger partial charge in [-0.1, -0.05) is 0 Å². The van der Waals surface area contributed by atoms with Crippen LogP contribution in [-0.4, -0.2) is 9.55 Å². The van der Waals surface area contributed by atoms with Gasteiger partial charge in [-0.3, -0.25) is 0 Å². The van der Waals surface area contributed by atoms with Crippen molar-refractivity contribution in [2.75, 3.05) is 0 Å². The van der Waals surface area contributed by atoms with E-state index in [4.69, 9.17) is 0 Å². The Morgan fingerprint density at radius 2 is 2.00 bits per heavy atom. The van der Waals surface area contributed by atoms with Crippen LogP contribution in [0.2, 0.25) is 0 Å². The second kappa shape index (κ2) is 3.24. The summed E-state index contributed by atoms with van der Waals surface area (Å²) in [5.41, 5.74) is 4.93. The van der Waals surface area contributed by atoms with Crippen LogP contribution in [0.1, 0.15) is 16.4 Å². The lowest BCUT2D eigenvalue weighted by Gasteiger charge is -1.99. The molecule has 0 spiro atoms. The van der Waals surface area contributed by atoms with Crippen LogP contribution in [-0.2, 0) is 7.05 Å². The monoisotopic (exact) mass is 206 g/mol. The fourth-order valence-corrected chi connectivity index (χ4v) is 2.21. The number of aromatic nitrogens is 2. The summed E-state index contributed by atoms with van der Waals surface area (Å²) in [6.45, 7) is 6.30. The van der Waals surface area contributed by atoms with Crippen molar-refractivity contribution in [3.8, 4) is 11.3 Å². The van der Waals surface area contributed by atoms with Crippen molar-refractivity contribution < 1.29 is 0 Å². The zero-order valence-corrected chi connectivity index (χ0v) is 9.77. The maximum Gasteiger partial charge on any atom is 0.0901 e. The van der Waals surface area contributed by atoms with E-state index in [1.807, 2.05) is 6.92 Å². The molecule has 0 N–H and O–H groups in total. The minimum absolute atomic E-state index is 1.11. The van der Waals surface area contributed by atoms with Gasteiger partial charge in [0.25, 0.3) is 0 Å². The molecule has 3 heteroatoms. The van der Waals surface area contributed by atoms with Crippen LogP contribution in [0.4, 0.5) is 0 Å². The molecule has 0 aliphatic rings. The Bertz CT molecular complexity index is 466. The van der Waals surface area contributed by atoms with Gasteiger partial charge in [-0.15, -0.1) is 11.3 Å². The smallest absolute Gasteiger partial charge is 0.0901 e. The lowest BCUT2D eigenvalue weighted by molar-refractivity contribution is 0.845. The number of hydrogen-bond acceptors (Lipinski definition) is 2. The molecule has 2 aromatic heterocycles. The van der Waals surface area contributed by atoms with Crippen LogP contribution in [0.5, 0.6) is 0 Å². The predicted molar refractivity (Wildman–Crippen MR) is 60.7 cm³/mol. The van der Waals surface area contributed by atoms with Gasteiger partial charge in [-0.2, -0.15) is 0 Å². The van der Waals surface area contributed by atoms with E-state index >= 15 is 0 Å². The predicted octanol–water partition coefficient (Wildman–Crippen LogP) is 3.07. The molecular formula is C11H14N2S. The molecule has 14 heavy (non-hydrogen) atoms. The highest BCUT2D eigenvalue weighted by molar-refractivity contribution is 7.09. The first kappa shape index (κ1) is 9.46. The van der Waals surface area contributed by atoms with Crippen LogP contribution < -0.4 is 0 Å². The molecule has 0 atom stereocenters. The van der Waals surface area contributed by atoms with Crippen LogP contribution in [0.15, 0.2) is 11.4 Å². The normalized spacial score (nSPS) is 10.9. The zero-order chi connectivity index (χ0) is 10.3. The number of aryl methyl sites for hydroxylation is 2. The molecule has 0 saturated heterocycles. The quantitative estimate of drug-likeness (QED) is 0.701. The Kier molecular flexibility index (Phi) is 2.19. The van der Waals surface area contributed by atoms with E-state index < -0.39 is 0 Å². The highest BCUT2D eigenvalue weighted by atomic mass is 32.1. The van der Waals surface area contributed by atoms with E-state index in [1.54, 1.807) is 11.3 Å². The molecule has 74 valence electrons. The Morgan fingerprint density at radius 3 is 2.43 bits per heavy atom. The van der Waals surface area contributed by atoms with Gasteiger partial charge in [-0.05, 0) is 26.8 Å². The molecule has 0 bridgehead atoms. The second-order valence-electron chi connectivity index (χ2n) is 3.60. The van der Waals surface area contributed by atoms with Crippen molar-refractivity contribution in [3.05, 3.63) is 27.8 Å². The highest BCUT2D eigenvalue weighted by Crippen LogP contribution is 2.26. The average molecular weight is 206 g/mol. The third-order valence-electron chi connectivity index (χ3n) is 2.67. The third kappa shape index (κ3) is 1.38. The SMILES string of the molecule is Cc1nc(-c2cc(C)n(C)c2C)cs1. The van der Waals surface area contributed by atoms with E-state index in [0.29, 0.717) is 0 Å². The minimum Gasteiger partial charge on any atom is -0.351 e. The van der Waals surface area contributed by atoms with Gasteiger partial charge in [0.1, 0.15) is 0 Å². The molecule has 0 saturated carbocycles. The summed E-state index contributed by atoms with van der Waals surface area (Å²) >= 11 is 1.70. The largest absolute Gasteiger partial charge is 0.351 e. The van der Waals surface area contributed by atoms with Gasteiger partial charge in [0.15, 0.2) is 0 Å². The van der Waals surface area contributed by atoms with Crippen molar-refractivity contribution in [2.24, 2.45) is 7.05 Å². The highest BCUT2D eigenvalue weighted by Gasteiger charge is 2.10. The van der Waals surface area contributed by atoms with E-state index in [1.165, 1.54) is 17.0 Å². The first-order valence-corrected chi connectivity index (χ1v) is 5.53. The Labute approximate surface area is 88.2 Å². The Hall–Kier alpha value is -1.09. The van der Waals surface area contributed by atoms with Crippen LogP contribution in [0.3, 0.4) is 0 Å². The lowest BCUT2D eigenvalue weighted by Crippen LogP contribution is -1.92. The topological polar surface area (TPSA) is 17.8 Å². The molecule has 2 heterocycles. The first-order chi connectivity index (χ1) is 6.59. The zero-order valence-electron chi connectivity index (χ0n) is 8.96. The first-order valence-electron chi connectivity index (χ1n) is 4.65. The number of nitrogens with zero attached hydrogens (tertiary/aromatic N) is 2. The summed E-state index contributed by atoms with van der Waals surface area (Å²) < 4.78 is 2.20. The van der Waals surface area contributed by atoms with Crippen LogP contribution in [0, 0.1) is 20.8 Å². The fourth-order valence-electron chi connectivity index (χ4n) is 1.60. The summed E-state index contributed by atoms with van der Waals surface area (Å²) in [7, 11) is 2.09. The molecule has 0 aliphatic heterocycles. The molecule has 0 aromatic carbocycles. The maximum absolute atomic E-state index is 4.50. The van der Waals surface area contributed by atoms with Crippen LogP contribution >= 0.6 is 11.3 Å². The molecular weight excluding hydrogens is 192 g/mol. The number of hydrogen-bond donors (Lipinski definition) is 0. The summed E-state index contributed by atoms with van der Waals surface area (Å²) in [6, 6.07) is 2.20. The molecule has 2 rings (SSSR count). The van der Waals surface area contributed by atoms with E-state index in [0.717, 1.165) is 10.7 Å². The Morgan fingerprint density at radius 1 is 1.29 bits per heavy atom. The van der Waals surface area contributed by atoms with Crippen molar-refractivity contribution >= 4 is 11.3 Å². The molecule has 0 fully saturated rings. The average Bonchev–Trinajstić information content (AvgIpc) is 2.66. The van der Waals surface area contributed by atoms with Crippen molar-refractivity contribution in [2.45, 2.75) is 20.8 Å². The molecule has 0 radical (unpaired) electrons. The van der Waals surface area contributed by atoms with Gasteiger partial charge in [0, 0.05) is 29.4 Å². The van der Waals surface area contributed by atoms with Crippen molar-refractivity contribution in [1.82, 2.24) is 9.55 Å². The van der Waals surface area contributed by atoms with Gasteiger partial charge >= 0.3 is 0 Å². The van der Waals surface area contributed by atoms with Crippen molar-refractivity contribution in [1.29, 1.82) is 0 Å². The van der Waals surface area contributed by atoms with E-state index in [9.17, 15) is 0 Å². The maximum atomic E-state index is 4.50. The van der Waals surface area contributed by atoms with Gasteiger partial charge in [0.05, 0.1) is 10.7 Å². The molecule has 2 aromatic rings. The molecule has 0 amide bonds. The standard InChI is InChI=1S/C11H14N2S/c1-7-5-10(8(2)13(7)4)11-6-14-9(3)12-11/h5-6H,1-4H3. The van der Waals surface area contributed by atoms with Gasteiger partial charge in [0.2, 0.25) is 0 Å². The molecule has 0 unspecified atom stereocenters.